The highest BCUT2D eigenvalue weighted by Crippen LogP contribution is 2.25. The lowest BCUT2D eigenvalue weighted by atomic mass is 9.84. The molecule has 0 bridgehead atoms. The summed E-state index contributed by atoms with van der Waals surface area (Å²) in [6.07, 6.45) is 1.13. The predicted molar refractivity (Wildman–Crippen MR) is 97.4 cm³/mol. The second-order valence-corrected chi connectivity index (χ2v) is 7.34. The fourth-order valence-electron chi connectivity index (χ4n) is 2.90. The van der Waals surface area contributed by atoms with E-state index in [1.54, 1.807) is 0 Å². The Balaban J connectivity index is 1.93. The lowest BCUT2D eigenvalue weighted by molar-refractivity contribution is 0.181. The van der Waals surface area contributed by atoms with Crippen molar-refractivity contribution in [2.75, 3.05) is 40.4 Å². The Morgan fingerprint density at radius 3 is 2.87 bits per heavy atom. The van der Waals surface area contributed by atoms with Crippen LogP contribution in [0.5, 0.6) is 0 Å². The summed E-state index contributed by atoms with van der Waals surface area (Å²) in [4.78, 5) is 6.60. The number of nitrogens with one attached hydrogen (secondary N) is 1. The first-order chi connectivity index (χ1) is 10.9. The van der Waals surface area contributed by atoms with Gasteiger partial charge in [-0.2, -0.15) is 0 Å². The molecule has 4 nitrogen and oxygen atoms in total. The zero-order valence-electron chi connectivity index (χ0n) is 14.6. The SMILES string of the molecule is CN=C(NCC(C)(C)c1cccc(Cl)c1)N(C)CC1CCOC1. The van der Waals surface area contributed by atoms with E-state index in [0.29, 0.717) is 5.92 Å². The molecule has 1 aliphatic rings. The summed E-state index contributed by atoms with van der Waals surface area (Å²) in [5.74, 6) is 1.52. The molecule has 1 fully saturated rings. The minimum atomic E-state index is -0.0296. The van der Waals surface area contributed by atoms with E-state index in [2.05, 4.69) is 42.2 Å². The van der Waals surface area contributed by atoms with Gasteiger partial charge in [-0.1, -0.05) is 37.6 Å². The van der Waals surface area contributed by atoms with Crippen molar-refractivity contribution in [1.82, 2.24) is 10.2 Å². The molecule has 0 aliphatic carbocycles. The fraction of sp³-hybridized carbons (Fsp3) is 0.611. The smallest absolute Gasteiger partial charge is 0.193 e. The summed E-state index contributed by atoms with van der Waals surface area (Å²) >= 11 is 6.12. The molecular weight excluding hydrogens is 310 g/mol. The van der Waals surface area contributed by atoms with Gasteiger partial charge in [0.15, 0.2) is 5.96 Å². The molecule has 2 rings (SSSR count). The standard InChI is InChI=1S/C18H28ClN3O/c1-18(2,15-6-5-7-16(19)10-15)13-21-17(20-3)22(4)11-14-8-9-23-12-14/h5-7,10,14H,8-9,11-13H2,1-4H3,(H,20,21). The van der Waals surface area contributed by atoms with Gasteiger partial charge in [0.25, 0.3) is 0 Å². The summed E-state index contributed by atoms with van der Waals surface area (Å²) in [5, 5.41) is 4.27. The van der Waals surface area contributed by atoms with Crippen molar-refractivity contribution in [2.24, 2.45) is 10.9 Å². The highest BCUT2D eigenvalue weighted by Gasteiger charge is 2.23. The molecule has 23 heavy (non-hydrogen) atoms. The molecule has 1 aromatic carbocycles. The van der Waals surface area contributed by atoms with Crippen LogP contribution in [0.4, 0.5) is 0 Å². The third-order valence-corrected chi connectivity index (χ3v) is 4.66. The third kappa shape index (κ3) is 5.11. The molecular formula is C18H28ClN3O. The van der Waals surface area contributed by atoms with Gasteiger partial charge in [-0.15, -0.1) is 0 Å². The van der Waals surface area contributed by atoms with Gasteiger partial charge in [-0.05, 0) is 24.1 Å². The van der Waals surface area contributed by atoms with E-state index in [1.165, 1.54) is 5.56 Å². The van der Waals surface area contributed by atoms with Crippen molar-refractivity contribution in [3.05, 3.63) is 34.9 Å². The van der Waals surface area contributed by atoms with Crippen molar-refractivity contribution in [1.29, 1.82) is 0 Å². The lowest BCUT2D eigenvalue weighted by Gasteiger charge is -2.30. The van der Waals surface area contributed by atoms with E-state index < -0.39 is 0 Å². The minimum absolute atomic E-state index is 0.0296. The summed E-state index contributed by atoms with van der Waals surface area (Å²) in [5.41, 5.74) is 1.19. The minimum Gasteiger partial charge on any atom is -0.381 e. The van der Waals surface area contributed by atoms with Crippen LogP contribution < -0.4 is 5.32 Å². The monoisotopic (exact) mass is 337 g/mol. The first-order valence-electron chi connectivity index (χ1n) is 8.18. The van der Waals surface area contributed by atoms with Gasteiger partial charge in [0, 0.05) is 50.1 Å². The molecule has 128 valence electrons. The van der Waals surface area contributed by atoms with Crippen LogP contribution in [0.25, 0.3) is 0 Å². The summed E-state index contributed by atoms with van der Waals surface area (Å²) in [6.45, 7) is 7.93. The highest BCUT2D eigenvalue weighted by molar-refractivity contribution is 6.30. The van der Waals surface area contributed by atoms with Gasteiger partial charge in [0.2, 0.25) is 0 Å². The number of rotatable bonds is 5. The lowest BCUT2D eigenvalue weighted by Crippen LogP contribution is -2.45. The molecule has 1 N–H and O–H groups in total. The zero-order valence-corrected chi connectivity index (χ0v) is 15.4. The fourth-order valence-corrected chi connectivity index (χ4v) is 3.09. The maximum absolute atomic E-state index is 6.12. The average Bonchev–Trinajstić information content (AvgIpc) is 3.00. The number of halogens is 1. The molecule has 1 heterocycles. The molecule has 0 amide bonds. The number of nitrogens with zero attached hydrogens (tertiary/aromatic N) is 2. The zero-order chi connectivity index (χ0) is 16.9. The van der Waals surface area contributed by atoms with Crippen molar-refractivity contribution in [3.63, 3.8) is 0 Å². The van der Waals surface area contributed by atoms with E-state index in [1.807, 2.05) is 25.2 Å². The van der Waals surface area contributed by atoms with Crippen LogP contribution in [0.15, 0.2) is 29.3 Å². The molecule has 1 aromatic rings. The average molecular weight is 338 g/mol. The number of hydrogen-bond donors (Lipinski definition) is 1. The molecule has 5 heteroatoms. The molecule has 0 radical (unpaired) electrons. The predicted octanol–water partition coefficient (Wildman–Crippen LogP) is 3.16. The van der Waals surface area contributed by atoms with Gasteiger partial charge in [-0.3, -0.25) is 4.99 Å². The Hall–Kier alpha value is -1.26. The van der Waals surface area contributed by atoms with Crippen LogP contribution in [0.3, 0.4) is 0 Å². The van der Waals surface area contributed by atoms with Gasteiger partial charge < -0.3 is 15.0 Å². The first kappa shape index (κ1) is 18.1. The van der Waals surface area contributed by atoms with Crippen LogP contribution in [-0.2, 0) is 10.2 Å². The molecule has 0 saturated carbocycles. The van der Waals surface area contributed by atoms with Crippen LogP contribution in [0, 0.1) is 5.92 Å². The molecule has 1 atom stereocenters. The van der Waals surface area contributed by atoms with E-state index in [-0.39, 0.29) is 5.41 Å². The second-order valence-electron chi connectivity index (χ2n) is 6.91. The first-order valence-corrected chi connectivity index (χ1v) is 8.56. The number of guanidine groups is 1. The maximum Gasteiger partial charge on any atom is 0.193 e. The number of benzene rings is 1. The summed E-state index contributed by atoms with van der Waals surface area (Å²) < 4.78 is 5.46. The van der Waals surface area contributed by atoms with E-state index in [0.717, 1.165) is 43.7 Å². The van der Waals surface area contributed by atoms with Gasteiger partial charge in [0.05, 0.1) is 6.61 Å². The number of aliphatic imine (C=N–C) groups is 1. The Morgan fingerprint density at radius 2 is 2.26 bits per heavy atom. The molecule has 1 aliphatic heterocycles. The van der Waals surface area contributed by atoms with Crippen molar-refractivity contribution >= 4 is 17.6 Å². The normalized spacial score (nSPS) is 19.0. The Morgan fingerprint density at radius 1 is 1.48 bits per heavy atom. The largest absolute Gasteiger partial charge is 0.381 e. The number of ether oxygens (including phenoxy) is 1. The van der Waals surface area contributed by atoms with Gasteiger partial charge in [0.1, 0.15) is 0 Å². The highest BCUT2D eigenvalue weighted by atomic mass is 35.5. The summed E-state index contributed by atoms with van der Waals surface area (Å²) in [7, 11) is 3.91. The Kier molecular flexibility index (Phi) is 6.31. The van der Waals surface area contributed by atoms with Crippen molar-refractivity contribution in [3.8, 4) is 0 Å². The van der Waals surface area contributed by atoms with E-state index >= 15 is 0 Å². The molecule has 1 saturated heterocycles. The van der Waals surface area contributed by atoms with Crippen molar-refractivity contribution < 1.29 is 4.74 Å². The van der Waals surface area contributed by atoms with Crippen molar-refractivity contribution in [2.45, 2.75) is 25.7 Å². The van der Waals surface area contributed by atoms with E-state index in [9.17, 15) is 0 Å². The second kappa shape index (κ2) is 8.02. The Bertz CT molecular complexity index is 539. The maximum atomic E-state index is 6.12. The van der Waals surface area contributed by atoms with Crippen LogP contribution >= 0.6 is 11.6 Å². The quantitative estimate of drug-likeness (QED) is 0.662. The van der Waals surface area contributed by atoms with Gasteiger partial charge >= 0.3 is 0 Å². The number of hydrogen-bond acceptors (Lipinski definition) is 2. The topological polar surface area (TPSA) is 36.9 Å². The van der Waals surface area contributed by atoms with Gasteiger partial charge in [-0.25, -0.2) is 0 Å². The van der Waals surface area contributed by atoms with Crippen LogP contribution in [0.1, 0.15) is 25.8 Å². The third-order valence-electron chi connectivity index (χ3n) is 4.42. The Labute approximate surface area is 144 Å². The molecule has 0 spiro atoms. The summed E-state index contributed by atoms with van der Waals surface area (Å²) in [6, 6.07) is 8.06. The molecule has 1 unspecified atom stereocenters. The molecule has 0 aromatic heterocycles. The van der Waals surface area contributed by atoms with Crippen LogP contribution in [0.2, 0.25) is 5.02 Å². The van der Waals surface area contributed by atoms with E-state index in [4.69, 9.17) is 16.3 Å². The van der Waals surface area contributed by atoms with Crippen LogP contribution in [-0.4, -0.2) is 51.3 Å².